The van der Waals surface area contributed by atoms with E-state index in [0.29, 0.717) is 0 Å². The Kier molecular flexibility index (Phi) is 4.00. The smallest absolute Gasteiger partial charge is 0.389 e. The maximum atomic E-state index is 12.2. The standard InChI is InChI=1S/C10H11F3N2O3/c1-5-3-8(17)7(4-14-6(2)16)9(15-5)18-10(11,12)13/h3H,4H2,1-2H3,(H,14,16)(H,15,17). The molecule has 1 aromatic rings. The first-order chi connectivity index (χ1) is 8.19. The number of amides is 1. The second kappa shape index (κ2) is 5.11. The Labute approximate surface area is 100.0 Å². The minimum atomic E-state index is -4.91. The fraction of sp³-hybridized carbons (Fsp3) is 0.400. The molecule has 0 aliphatic carbocycles. The quantitative estimate of drug-likeness (QED) is 0.862. The average molecular weight is 264 g/mol. The van der Waals surface area contributed by atoms with Gasteiger partial charge in [0.25, 0.3) is 0 Å². The molecule has 0 aliphatic heterocycles. The summed E-state index contributed by atoms with van der Waals surface area (Å²) in [7, 11) is 0. The molecule has 0 fully saturated rings. The fourth-order valence-corrected chi connectivity index (χ4v) is 1.27. The first-order valence-corrected chi connectivity index (χ1v) is 4.92. The molecule has 0 aliphatic rings. The number of halogens is 3. The van der Waals surface area contributed by atoms with Crippen LogP contribution in [0.3, 0.4) is 0 Å². The molecule has 1 heterocycles. The third-order valence-electron chi connectivity index (χ3n) is 1.96. The highest BCUT2D eigenvalue weighted by atomic mass is 19.4. The average Bonchev–Trinajstić information content (AvgIpc) is 2.12. The van der Waals surface area contributed by atoms with Gasteiger partial charge < -0.3 is 15.0 Å². The van der Waals surface area contributed by atoms with Gasteiger partial charge in [-0.25, -0.2) is 0 Å². The monoisotopic (exact) mass is 264 g/mol. The molecule has 100 valence electrons. The number of H-pyrrole nitrogens is 1. The van der Waals surface area contributed by atoms with Crippen LogP contribution in [0.15, 0.2) is 10.9 Å². The minimum absolute atomic E-state index is 0.228. The molecule has 8 heteroatoms. The van der Waals surface area contributed by atoms with Gasteiger partial charge in [-0.05, 0) is 6.92 Å². The van der Waals surface area contributed by atoms with Crippen LogP contribution in [0.25, 0.3) is 0 Å². The van der Waals surface area contributed by atoms with Gasteiger partial charge in [0.05, 0.1) is 12.1 Å². The van der Waals surface area contributed by atoms with Gasteiger partial charge in [-0.3, -0.25) is 9.59 Å². The molecule has 1 amide bonds. The summed E-state index contributed by atoms with van der Waals surface area (Å²) in [5, 5.41) is 2.24. The number of carbonyl (C=O) groups is 1. The highest BCUT2D eigenvalue weighted by molar-refractivity contribution is 5.72. The van der Waals surface area contributed by atoms with Gasteiger partial charge in [0.15, 0.2) is 5.43 Å². The molecule has 5 nitrogen and oxygen atoms in total. The molecule has 0 saturated heterocycles. The summed E-state index contributed by atoms with van der Waals surface area (Å²) in [5.74, 6) is -1.17. The normalized spacial score (nSPS) is 11.2. The maximum absolute atomic E-state index is 12.2. The second-order valence-electron chi connectivity index (χ2n) is 3.58. The van der Waals surface area contributed by atoms with Gasteiger partial charge in [-0.15, -0.1) is 13.2 Å². The Morgan fingerprint density at radius 2 is 2.11 bits per heavy atom. The van der Waals surface area contributed by atoms with E-state index < -0.39 is 23.6 Å². The molecule has 1 aromatic heterocycles. The Balaban J connectivity index is 3.12. The Bertz CT molecular complexity index is 508. The summed E-state index contributed by atoms with van der Waals surface area (Å²) in [5.41, 5.74) is -0.696. The first-order valence-electron chi connectivity index (χ1n) is 4.92. The lowest BCUT2D eigenvalue weighted by atomic mass is 10.2. The molecule has 0 bridgehead atoms. The van der Waals surface area contributed by atoms with Crippen LogP contribution in [-0.4, -0.2) is 17.3 Å². The van der Waals surface area contributed by atoms with E-state index in [9.17, 15) is 22.8 Å². The number of hydrogen-bond acceptors (Lipinski definition) is 3. The van der Waals surface area contributed by atoms with Crippen LogP contribution in [0.1, 0.15) is 18.2 Å². The maximum Gasteiger partial charge on any atom is 0.574 e. The topological polar surface area (TPSA) is 71.2 Å². The SMILES string of the molecule is CC(=O)NCc1c(OC(F)(F)F)[nH]c(C)cc1=O. The van der Waals surface area contributed by atoms with Crippen molar-refractivity contribution in [1.29, 1.82) is 0 Å². The lowest BCUT2D eigenvalue weighted by Gasteiger charge is -2.13. The predicted molar refractivity (Wildman–Crippen MR) is 56.0 cm³/mol. The van der Waals surface area contributed by atoms with E-state index in [-0.39, 0.29) is 17.8 Å². The number of aromatic amines is 1. The summed E-state index contributed by atoms with van der Waals surface area (Å²) in [4.78, 5) is 24.5. The molecule has 1 rings (SSSR count). The van der Waals surface area contributed by atoms with E-state index in [2.05, 4.69) is 15.0 Å². The Hall–Kier alpha value is -1.99. The summed E-state index contributed by atoms with van der Waals surface area (Å²) < 4.78 is 40.2. The Morgan fingerprint density at radius 3 is 2.61 bits per heavy atom. The van der Waals surface area contributed by atoms with Crippen molar-refractivity contribution in [1.82, 2.24) is 10.3 Å². The van der Waals surface area contributed by atoms with Gasteiger partial charge in [0, 0.05) is 18.7 Å². The van der Waals surface area contributed by atoms with Gasteiger partial charge in [-0.2, -0.15) is 0 Å². The van der Waals surface area contributed by atoms with Crippen molar-refractivity contribution < 1.29 is 22.7 Å². The Morgan fingerprint density at radius 1 is 1.50 bits per heavy atom. The van der Waals surface area contributed by atoms with Gasteiger partial charge in [0.2, 0.25) is 11.8 Å². The lowest BCUT2D eigenvalue weighted by molar-refractivity contribution is -0.276. The third-order valence-corrected chi connectivity index (χ3v) is 1.96. The number of ether oxygens (including phenoxy) is 1. The van der Waals surface area contributed by atoms with E-state index in [1.165, 1.54) is 13.8 Å². The van der Waals surface area contributed by atoms with Crippen molar-refractivity contribution in [2.24, 2.45) is 0 Å². The molecule has 18 heavy (non-hydrogen) atoms. The summed E-state index contributed by atoms with van der Waals surface area (Å²) in [6.45, 7) is 2.27. The molecule has 0 radical (unpaired) electrons. The largest absolute Gasteiger partial charge is 0.574 e. The summed E-state index contributed by atoms with van der Waals surface area (Å²) in [6.07, 6.45) is -4.91. The molecular formula is C10H11F3N2O3. The van der Waals surface area contributed by atoms with Gasteiger partial charge >= 0.3 is 6.36 Å². The lowest BCUT2D eigenvalue weighted by Crippen LogP contribution is -2.27. The predicted octanol–water partition coefficient (Wildman–Crippen LogP) is 1.22. The van der Waals surface area contributed by atoms with Crippen LogP contribution in [0.5, 0.6) is 5.88 Å². The zero-order chi connectivity index (χ0) is 13.9. The van der Waals surface area contributed by atoms with Crippen molar-refractivity contribution in [2.45, 2.75) is 26.8 Å². The van der Waals surface area contributed by atoms with E-state index in [1.54, 1.807) is 0 Å². The zero-order valence-corrected chi connectivity index (χ0v) is 9.64. The third kappa shape index (κ3) is 4.11. The number of pyridine rings is 1. The van der Waals surface area contributed by atoms with Crippen LogP contribution in [0.2, 0.25) is 0 Å². The van der Waals surface area contributed by atoms with Gasteiger partial charge in [0.1, 0.15) is 0 Å². The van der Waals surface area contributed by atoms with E-state index in [1.807, 2.05) is 0 Å². The molecule has 0 aromatic carbocycles. The zero-order valence-electron chi connectivity index (χ0n) is 9.64. The summed E-state index contributed by atoms with van der Waals surface area (Å²) >= 11 is 0. The molecule has 0 spiro atoms. The van der Waals surface area contributed by atoms with Crippen molar-refractivity contribution in [2.75, 3.05) is 0 Å². The van der Waals surface area contributed by atoms with Crippen LogP contribution >= 0.6 is 0 Å². The fourth-order valence-electron chi connectivity index (χ4n) is 1.27. The van der Waals surface area contributed by atoms with Crippen molar-refractivity contribution in [3.8, 4) is 5.88 Å². The molecule has 0 atom stereocenters. The van der Waals surface area contributed by atoms with Crippen molar-refractivity contribution >= 4 is 5.91 Å². The van der Waals surface area contributed by atoms with E-state index >= 15 is 0 Å². The van der Waals surface area contributed by atoms with Crippen LogP contribution in [0.4, 0.5) is 13.2 Å². The van der Waals surface area contributed by atoms with Crippen LogP contribution in [-0.2, 0) is 11.3 Å². The highest BCUT2D eigenvalue weighted by Crippen LogP contribution is 2.22. The number of aromatic nitrogens is 1. The minimum Gasteiger partial charge on any atom is -0.389 e. The summed E-state index contributed by atoms with van der Waals surface area (Å²) in [6, 6.07) is 1.13. The van der Waals surface area contributed by atoms with Crippen LogP contribution < -0.4 is 15.5 Å². The highest BCUT2D eigenvalue weighted by Gasteiger charge is 2.33. The first kappa shape index (κ1) is 14.1. The van der Waals surface area contributed by atoms with Crippen LogP contribution in [0, 0.1) is 6.92 Å². The molecule has 0 saturated carbocycles. The number of aryl methyl sites for hydroxylation is 1. The van der Waals surface area contributed by atoms with Gasteiger partial charge in [-0.1, -0.05) is 0 Å². The number of hydrogen-bond donors (Lipinski definition) is 2. The van der Waals surface area contributed by atoms with E-state index in [4.69, 9.17) is 0 Å². The number of alkyl halides is 3. The number of carbonyl (C=O) groups excluding carboxylic acids is 1. The van der Waals surface area contributed by atoms with E-state index in [0.717, 1.165) is 6.07 Å². The second-order valence-corrected chi connectivity index (χ2v) is 3.58. The number of rotatable bonds is 3. The molecule has 2 N–H and O–H groups in total. The number of nitrogens with one attached hydrogen (secondary N) is 2. The molecular weight excluding hydrogens is 253 g/mol. The molecule has 0 unspecified atom stereocenters. The van der Waals surface area contributed by atoms with Crippen molar-refractivity contribution in [3.63, 3.8) is 0 Å². The van der Waals surface area contributed by atoms with Crippen molar-refractivity contribution in [3.05, 3.63) is 27.5 Å².